The second kappa shape index (κ2) is 5.28. The van der Waals surface area contributed by atoms with Gasteiger partial charge in [-0.15, -0.1) is 0 Å². The van der Waals surface area contributed by atoms with Crippen molar-refractivity contribution < 1.29 is 13.9 Å². The van der Waals surface area contributed by atoms with E-state index >= 15 is 0 Å². The van der Waals surface area contributed by atoms with Crippen molar-refractivity contribution in [2.45, 2.75) is 13.5 Å². The number of nitrogens with one attached hydrogen (secondary N) is 2. The quantitative estimate of drug-likeness (QED) is 0.762. The molecule has 0 aliphatic carbocycles. The fraction of sp³-hybridized carbons (Fsp3) is 0.214. The lowest BCUT2D eigenvalue weighted by molar-refractivity contribution is 0.0923. The highest BCUT2D eigenvalue weighted by atomic mass is 16.5. The summed E-state index contributed by atoms with van der Waals surface area (Å²) in [5.41, 5.74) is 1.43. The predicted octanol–water partition coefficient (Wildman–Crippen LogP) is 1.80. The largest absolute Gasteiger partial charge is 0.497 e. The molecule has 0 saturated heterocycles. The van der Waals surface area contributed by atoms with Gasteiger partial charge in [0.25, 0.3) is 5.91 Å². The van der Waals surface area contributed by atoms with Crippen LogP contribution in [-0.4, -0.2) is 28.2 Å². The van der Waals surface area contributed by atoms with Gasteiger partial charge in [0.1, 0.15) is 23.5 Å². The fourth-order valence-electron chi connectivity index (χ4n) is 2.10. The van der Waals surface area contributed by atoms with E-state index in [9.17, 15) is 4.79 Å². The SMILES string of the molecule is COc1ccc2oc(C(=O)NCc3ncn[nH]3)c(C)c2c1. The summed E-state index contributed by atoms with van der Waals surface area (Å²) >= 11 is 0. The molecular weight excluding hydrogens is 272 g/mol. The standard InChI is InChI=1S/C14H14N4O3/c1-8-10-5-9(20-2)3-4-11(10)21-13(8)14(19)15-6-12-16-7-17-18-12/h3-5,7H,6H2,1-2H3,(H,15,19)(H,16,17,18). The second-order valence-electron chi connectivity index (χ2n) is 4.53. The number of hydrogen-bond donors (Lipinski definition) is 2. The summed E-state index contributed by atoms with van der Waals surface area (Å²) in [5, 5.41) is 9.99. The summed E-state index contributed by atoms with van der Waals surface area (Å²) in [7, 11) is 1.60. The van der Waals surface area contributed by atoms with E-state index in [-0.39, 0.29) is 18.2 Å². The average Bonchev–Trinajstić information content (AvgIpc) is 3.13. The van der Waals surface area contributed by atoms with Crippen molar-refractivity contribution >= 4 is 16.9 Å². The molecule has 1 amide bonds. The van der Waals surface area contributed by atoms with Gasteiger partial charge in [-0.25, -0.2) is 4.98 Å². The Labute approximate surface area is 120 Å². The fourth-order valence-corrected chi connectivity index (χ4v) is 2.10. The van der Waals surface area contributed by atoms with Crippen molar-refractivity contribution in [3.63, 3.8) is 0 Å². The van der Waals surface area contributed by atoms with Crippen molar-refractivity contribution in [2.24, 2.45) is 0 Å². The van der Waals surface area contributed by atoms with Gasteiger partial charge in [-0.3, -0.25) is 9.89 Å². The lowest BCUT2D eigenvalue weighted by Gasteiger charge is -2.00. The molecule has 0 spiro atoms. The van der Waals surface area contributed by atoms with Crippen LogP contribution in [0.1, 0.15) is 21.9 Å². The number of methoxy groups -OCH3 is 1. The molecule has 0 saturated carbocycles. The Morgan fingerprint density at radius 3 is 3.05 bits per heavy atom. The first-order valence-electron chi connectivity index (χ1n) is 6.38. The predicted molar refractivity (Wildman–Crippen MR) is 75.1 cm³/mol. The summed E-state index contributed by atoms with van der Waals surface area (Å²) in [6.45, 7) is 2.10. The number of hydrogen-bond acceptors (Lipinski definition) is 5. The van der Waals surface area contributed by atoms with E-state index in [0.29, 0.717) is 11.4 Å². The van der Waals surface area contributed by atoms with Gasteiger partial charge >= 0.3 is 0 Å². The summed E-state index contributed by atoms with van der Waals surface area (Å²) < 4.78 is 10.8. The molecule has 21 heavy (non-hydrogen) atoms. The van der Waals surface area contributed by atoms with E-state index in [2.05, 4.69) is 20.5 Å². The Bertz CT molecular complexity index is 777. The van der Waals surface area contributed by atoms with Crippen molar-refractivity contribution in [2.75, 3.05) is 7.11 Å². The summed E-state index contributed by atoms with van der Waals surface area (Å²) in [6, 6.07) is 5.43. The summed E-state index contributed by atoms with van der Waals surface area (Å²) in [4.78, 5) is 16.1. The third-order valence-corrected chi connectivity index (χ3v) is 3.23. The molecule has 0 unspecified atom stereocenters. The highest BCUT2D eigenvalue weighted by Gasteiger charge is 2.18. The molecule has 0 atom stereocenters. The highest BCUT2D eigenvalue weighted by Crippen LogP contribution is 2.28. The van der Waals surface area contributed by atoms with E-state index in [4.69, 9.17) is 9.15 Å². The van der Waals surface area contributed by atoms with Gasteiger partial charge in [-0.2, -0.15) is 5.10 Å². The zero-order chi connectivity index (χ0) is 14.8. The molecule has 108 valence electrons. The lowest BCUT2D eigenvalue weighted by atomic mass is 10.1. The van der Waals surface area contributed by atoms with E-state index in [1.54, 1.807) is 19.2 Å². The maximum atomic E-state index is 12.2. The van der Waals surface area contributed by atoms with Crippen molar-refractivity contribution in [3.05, 3.63) is 41.7 Å². The summed E-state index contributed by atoms with van der Waals surface area (Å²) in [5.74, 6) is 1.30. The number of aromatic nitrogens is 3. The topological polar surface area (TPSA) is 93.0 Å². The number of fused-ring (bicyclic) bond motifs is 1. The Kier molecular flexibility index (Phi) is 3.31. The van der Waals surface area contributed by atoms with Crippen LogP contribution in [0, 0.1) is 6.92 Å². The first-order chi connectivity index (χ1) is 10.2. The van der Waals surface area contributed by atoms with Crippen molar-refractivity contribution in [1.29, 1.82) is 0 Å². The molecule has 2 heterocycles. The molecular formula is C14H14N4O3. The average molecular weight is 286 g/mol. The van der Waals surface area contributed by atoms with Gasteiger partial charge in [0.05, 0.1) is 13.7 Å². The minimum Gasteiger partial charge on any atom is -0.497 e. The number of benzene rings is 1. The first-order valence-corrected chi connectivity index (χ1v) is 6.38. The normalized spacial score (nSPS) is 10.8. The van der Waals surface area contributed by atoms with Gasteiger partial charge < -0.3 is 14.5 Å². The van der Waals surface area contributed by atoms with Crippen LogP contribution in [-0.2, 0) is 6.54 Å². The molecule has 0 fully saturated rings. The van der Waals surface area contributed by atoms with Gasteiger partial charge in [0.2, 0.25) is 0 Å². The highest BCUT2D eigenvalue weighted by molar-refractivity contribution is 5.99. The Morgan fingerprint density at radius 1 is 1.48 bits per heavy atom. The number of H-pyrrole nitrogens is 1. The summed E-state index contributed by atoms with van der Waals surface area (Å²) in [6.07, 6.45) is 1.39. The molecule has 2 N–H and O–H groups in total. The molecule has 3 rings (SSSR count). The maximum Gasteiger partial charge on any atom is 0.287 e. The van der Waals surface area contributed by atoms with Gasteiger partial charge in [-0.05, 0) is 25.1 Å². The molecule has 0 aliphatic heterocycles. The zero-order valence-electron chi connectivity index (χ0n) is 11.6. The van der Waals surface area contributed by atoms with Crippen molar-refractivity contribution in [1.82, 2.24) is 20.5 Å². The monoisotopic (exact) mass is 286 g/mol. The Balaban J connectivity index is 1.85. The van der Waals surface area contributed by atoms with Crippen LogP contribution < -0.4 is 10.1 Å². The third kappa shape index (κ3) is 2.45. The van der Waals surface area contributed by atoms with E-state index in [0.717, 1.165) is 16.7 Å². The third-order valence-electron chi connectivity index (χ3n) is 3.23. The molecule has 0 radical (unpaired) electrons. The molecule has 7 heteroatoms. The molecule has 0 aliphatic rings. The minimum atomic E-state index is -0.293. The molecule has 0 bridgehead atoms. The van der Waals surface area contributed by atoms with E-state index < -0.39 is 0 Å². The number of aryl methyl sites for hydroxylation is 1. The number of nitrogens with zero attached hydrogens (tertiary/aromatic N) is 2. The zero-order valence-corrected chi connectivity index (χ0v) is 11.6. The molecule has 1 aromatic carbocycles. The van der Waals surface area contributed by atoms with Crippen molar-refractivity contribution in [3.8, 4) is 5.75 Å². The lowest BCUT2D eigenvalue weighted by Crippen LogP contribution is -2.23. The van der Waals surface area contributed by atoms with Crippen LogP contribution in [0.5, 0.6) is 5.75 Å². The van der Waals surface area contributed by atoms with E-state index in [1.807, 2.05) is 13.0 Å². The van der Waals surface area contributed by atoms with Gasteiger partial charge in [-0.1, -0.05) is 0 Å². The number of amides is 1. The molecule has 7 nitrogen and oxygen atoms in total. The maximum absolute atomic E-state index is 12.2. The number of carbonyl (C=O) groups excluding carboxylic acids is 1. The van der Waals surface area contributed by atoms with Crippen LogP contribution in [0.25, 0.3) is 11.0 Å². The number of ether oxygens (including phenoxy) is 1. The van der Waals surface area contributed by atoms with E-state index in [1.165, 1.54) is 6.33 Å². The Morgan fingerprint density at radius 2 is 2.33 bits per heavy atom. The number of furan rings is 1. The number of carbonyl (C=O) groups is 1. The minimum absolute atomic E-state index is 0.263. The molecule has 2 aromatic heterocycles. The smallest absolute Gasteiger partial charge is 0.287 e. The van der Waals surface area contributed by atoms with Crippen LogP contribution in [0.4, 0.5) is 0 Å². The number of rotatable bonds is 4. The van der Waals surface area contributed by atoms with Crippen LogP contribution in [0.2, 0.25) is 0 Å². The van der Waals surface area contributed by atoms with Gasteiger partial charge in [0.15, 0.2) is 5.76 Å². The first kappa shape index (κ1) is 13.2. The van der Waals surface area contributed by atoms with Crippen LogP contribution in [0.15, 0.2) is 28.9 Å². The molecule has 3 aromatic rings. The second-order valence-corrected chi connectivity index (χ2v) is 4.53. The number of aromatic amines is 1. The Hall–Kier alpha value is -2.83. The van der Waals surface area contributed by atoms with Crippen LogP contribution >= 0.6 is 0 Å². The van der Waals surface area contributed by atoms with Crippen LogP contribution in [0.3, 0.4) is 0 Å². The van der Waals surface area contributed by atoms with Gasteiger partial charge in [0, 0.05) is 10.9 Å².